The first kappa shape index (κ1) is 13.9. The van der Waals surface area contributed by atoms with Crippen LogP contribution in [0, 0.1) is 6.92 Å². The first-order valence-corrected chi connectivity index (χ1v) is 6.79. The average Bonchev–Trinajstić information content (AvgIpc) is 3.16. The molecule has 0 fully saturated rings. The van der Waals surface area contributed by atoms with Gasteiger partial charge in [0.05, 0.1) is 29.2 Å². The summed E-state index contributed by atoms with van der Waals surface area (Å²) in [6.45, 7) is 3.63. The second-order valence-electron chi connectivity index (χ2n) is 4.85. The van der Waals surface area contributed by atoms with Crippen molar-refractivity contribution in [3.8, 4) is 11.4 Å². The molecule has 8 heteroatoms. The lowest BCUT2D eigenvalue weighted by Crippen LogP contribution is -2.27. The van der Waals surface area contributed by atoms with Crippen LogP contribution in [-0.2, 0) is 0 Å². The Balaban J connectivity index is 1.80. The number of pyridine rings is 1. The van der Waals surface area contributed by atoms with Crippen molar-refractivity contribution in [1.29, 1.82) is 0 Å². The summed E-state index contributed by atoms with van der Waals surface area (Å²) in [5.41, 5.74) is 1.67. The van der Waals surface area contributed by atoms with Gasteiger partial charge in [-0.15, -0.1) is 0 Å². The van der Waals surface area contributed by atoms with Crippen LogP contribution in [0.3, 0.4) is 0 Å². The van der Waals surface area contributed by atoms with Gasteiger partial charge < -0.3 is 5.32 Å². The zero-order chi connectivity index (χ0) is 15.5. The monoisotopic (exact) mass is 297 g/mol. The van der Waals surface area contributed by atoms with Crippen molar-refractivity contribution >= 4 is 5.91 Å². The molecule has 3 N–H and O–H groups in total. The van der Waals surface area contributed by atoms with Gasteiger partial charge >= 0.3 is 0 Å². The van der Waals surface area contributed by atoms with Gasteiger partial charge in [-0.25, -0.2) is 4.98 Å². The lowest BCUT2D eigenvalue weighted by Gasteiger charge is -2.10. The summed E-state index contributed by atoms with van der Waals surface area (Å²) in [5, 5.41) is 16.4. The Labute approximate surface area is 126 Å². The van der Waals surface area contributed by atoms with Gasteiger partial charge in [-0.05, 0) is 26.0 Å². The van der Waals surface area contributed by atoms with E-state index in [1.165, 1.54) is 6.20 Å². The minimum Gasteiger partial charge on any atom is -0.342 e. The number of aromatic nitrogens is 6. The van der Waals surface area contributed by atoms with Crippen molar-refractivity contribution < 1.29 is 4.79 Å². The Bertz CT molecular complexity index is 777. The normalized spacial score (nSPS) is 12.1. The number of nitrogens with zero attached hydrogens (tertiary/aromatic N) is 4. The van der Waals surface area contributed by atoms with E-state index >= 15 is 0 Å². The SMILES string of the molecule is Cc1nc(C(C)NC(=O)c2cn[nH]c2-c2ccccn2)n[nH]1. The van der Waals surface area contributed by atoms with Gasteiger partial charge in [0.1, 0.15) is 5.82 Å². The zero-order valence-corrected chi connectivity index (χ0v) is 12.2. The Morgan fingerprint density at radius 3 is 2.86 bits per heavy atom. The van der Waals surface area contributed by atoms with Crippen LogP contribution in [0.4, 0.5) is 0 Å². The molecule has 0 aliphatic carbocycles. The quantitative estimate of drug-likeness (QED) is 0.673. The van der Waals surface area contributed by atoms with Gasteiger partial charge in [0.15, 0.2) is 5.82 Å². The molecule has 0 spiro atoms. The number of carbonyl (C=O) groups is 1. The molecule has 3 heterocycles. The van der Waals surface area contributed by atoms with Crippen LogP contribution < -0.4 is 5.32 Å². The van der Waals surface area contributed by atoms with Crippen LogP contribution in [0.25, 0.3) is 11.4 Å². The highest BCUT2D eigenvalue weighted by Crippen LogP contribution is 2.19. The van der Waals surface area contributed by atoms with Gasteiger partial charge in [-0.1, -0.05) is 6.07 Å². The van der Waals surface area contributed by atoms with Gasteiger partial charge in [0.25, 0.3) is 5.91 Å². The second kappa shape index (κ2) is 5.76. The molecule has 8 nitrogen and oxygen atoms in total. The molecule has 1 atom stereocenters. The smallest absolute Gasteiger partial charge is 0.255 e. The Kier molecular flexibility index (Phi) is 3.65. The number of aryl methyl sites for hydroxylation is 1. The first-order valence-electron chi connectivity index (χ1n) is 6.79. The summed E-state index contributed by atoms with van der Waals surface area (Å²) >= 11 is 0. The molecular formula is C14H15N7O. The number of rotatable bonds is 4. The van der Waals surface area contributed by atoms with E-state index in [9.17, 15) is 4.79 Å². The number of H-pyrrole nitrogens is 2. The van der Waals surface area contributed by atoms with Crippen molar-refractivity contribution in [2.45, 2.75) is 19.9 Å². The van der Waals surface area contributed by atoms with Crippen LogP contribution in [0.2, 0.25) is 0 Å². The zero-order valence-electron chi connectivity index (χ0n) is 12.2. The fourth-order valence-corrected chi connectivity index (χ4v) is 2.06. The number of aromatic amines is 2. The molecular weight excluding hydrogens is 282 g/mol. The maximum Gasteiger partial charge on any atom is 0.255 e. The number of nitrogens with one attached hydrogen (secondary N) is 3. The van der Waals surface area contributed by atoms with Gasteiger partial charge in [-0.2, -0.15) is 10.2 Å². The van der Waals surface area contributed by atoms with Crippen LogP contribution >= 0.6 is 0 Å². The molecule has 22 heavy (non-hydrogen) atoms. The lowest BCUT2D eigenvalue weighted by molar-refractivity contribution is 0.0939. The maximum absolute atomic E-state index is 12.4. The topological polar surface area (TPSA) is 112 Å². The molecule has 3 aromatic rings. The molecule has 0 bridgehead atoms. The van der Waals surface area contributed by atoms with Crippen LogP contribution in [0.15, 0.2) is 30.6 Å². The van der Waals surface area contributed by atoms with Crippen molar-refractivity contribution in [3.05, 3.63) is 47.8 Å². The maximum atomic E-state index is 12.4. The van der Waals surface area contributed by atoms with E-state index in [0.29, 0.717) is 28.6 Å². The molecule has 1 amide bonds. The third kappa shape index (κ3) is 2.71. The molecule has 1 unspecified atom stereocenters. The summed E-state index contributed by atoms with van der Waals surface area (Å²) in [6, 6.07) is 5.16. The summed E-state index contributed by atoms with van der Waals surface area (Å²) in [6.07, 6.45) is 3.15. The minimum absolute atomic E-state index is 0.260. The molecule has 0 aromatic carbocycles. The van der Waals surface area contributed by atoms with E-state index in [1.807, 2.05) is 25.1 Å². The van der Waals surface area contributed by atoms with E-state index in [0.717, 1.165) is 0 Å². The highest BCUT2D eigenvalue weighted by molar-refractivity contribution is 5.99. The first-order chi connectivity index (χ1) is 10.6. The summed E-state index contributed by atoms with van der Waals surface area (Å²) in [7, 11) is 0. The predicted molar refractivity (Wildman–Crippen MR) is 78.8 cm³/mol. The second-order valence-corrected chi connectivity index (χ2v) is 4.85. The van der Waals surface area contributed by atoms with Crippen molar-refractivity contribution in [2.75, 3.05) is 0 Å². The Morgan fingerprint density at radius 1 is 1.32 bits per heavy atom. The summed E-state index contributed by atoms with van der Waals surface area (Å²) in [4.78, 5) is 20.9. The molecule has 0 radical (unpaired) electrons. The largest absolute Gasteiger partial charge is 0.342 e. The molecule has 0 saturated carbocycles. The van der Waals surface area contributed by atoms with E-state index in [4.69, 9.17) is 0 Å². The average molecular weight is 297 g/mol. The fourth-order valence-electron chi connectivity index (χ4n) is 2.06. The molecule has 112 valence electrons. The Hall–Kier alpha value is -3.03. The van der Waals surface area contributed by atoms with Gasteiger partial charge in [-0.3, -0.25) is 20.0 Å². The predicted octanol–water partition coefficient (Wildman–Crippen LogP) is 1.39. The third-order valence-electron chi connectivity index (χ3n) is 3.15. The van der Waals surface area contributed by atoms with E-state index in [-0.39, 0.29) is 11.9 Å². The van der Waals surface area contributed by atoms with Crippen molar-refractivity contribution in [3.63, 3.8) is 0 Å². The summed E-state index contributed by atoms with van der Waals surface area (Å²) in [5.74, 6) is 0.978. The number of hydrogen-bond donors (Lipinski definition) is 3. The fraction of sp³-hybridized carbons (Fsp3) is 0.214. The number of carbonyl (C=O) groups excluding carboxylic acids is 1. The molecule has 0 aliphatic heterocycles. The minimum atomic E-state index is -0.316. The standard InChI is InChI=1S/C14H15N7O/c1-8(13-18-9(2)19-21-13)17-14(22)10-7-16-20-12(10)11-5-3-4-6-15-11/h3-8H,1-2H3,(H,16,20)(H,17,22)(H,18,19,21). The van der Waals surface area contributed by atoms with Gasteiger partial charge in [0, 0.05) is 6.20 Å². The van der Waals surface area contributed by atoms with Crippen LogP contribution in [0.1, 0.15) is 35.0 Å². The third-order valence-corrected chi connectivity index (χ3v) is 3.15. The van der Waals surface area contributed by atoms with Crippen molar-refractivity contribution in [1.82, 2.24) is 35.7 Å². The lowest BCUT2D eigenvalue weighted by atomic mass is 10.1. The van der Waals surface area contributed by atoms with E-state index in [2.05, 4.69) is 35.7 Å². The molecule has 0 saturated heterocycles. The van der Waals surface area contributed by atoms with Crippen LogP contribution in [0.5, 0.6) is 0 Å². The Morgan fingerprint density at radius 2 is 2.18 bits per heavy atom. The number of hydrogen-bond acceptors (Lipinski definition) is 5. The number of amides is 1. The summed E-state index contributed by atoms with van der Waals surface area (Å²) < 4.78 is 0. The molecule has 3 aromatic heterocycles. The van der Waals surface area contributed by atoms with E-state index in [1.54, 1.807) is 13.1 Å². The van der Waals surface area contributed by atoms with Crippen molar-refractivity contribution in [2.24, 2.45) is 0 Å². The van der Waals surface area contributed by atoms with E-state index < -0.39 is 0 Å². The van der Waals surface area contributed by atoms with Crippen LogP contribution in [-0.4, -0.2) is 36.3 Å². The molecule has 3 rings (SSSR count). The van der Waals surface area contributed by atoms with Gasteiger partial charge in [0.2, 0.25) is 0 Å². The molecule has 0 aliphatic rings. The highest BCUT2D eigenvalue weighted by atomic mass is 16.1. The highest BCUT2D eigenvalue weighted by Gasteiger charge is 2.19.